The summed E-state index contributed by atoms with van der Waals surface area (Å²) in [6.07, 6.45) is 2.85. The number of hydrogen-bond donors (Lipinski definition) is 2. The zero-order valence-corrected chi connectivity index (χ0v) is 14.6. The molecule has 2 N–H and O–H groups in total. The highest BCUT2D eigenvalue weighted by Crippen LogP contribution is 2.18. The van der Waals surface area contributed by atoms with Crippen LogP contribution < -0.4 is 10.6 Å². The van der Waals surface area contributed by atoms with Crippen molar-refractivity contribution in [3.63, 3.8) is 0 Å². The number of methoxy groups -OCH3 is 1. The fourth-order valence-electron chi connectivity index (χ4n) is 2.12. The van der Waals surface area contributed by atoms with Crippen molar-refractivity contribution in [3.05, 3.63) is 48.4 Å². The monoisotopic (exact) mass is 373 g/mol. The predicted molar refractivity (Wildman–Crippen MR) is 95.5 cm³/mol. The molecule has 0 aliphatic carbocycles. The Morgan fingerprint density at radius 1 is 1.04 bits per heavy atom. The second-order valence-corrected chi connectivity index (χ2v) is 5.61. The summed E-state index contributed by atoms with van der Waals surface area (Å²) in [6.45, 7) is 2.45. The molecule has 2 aromatic heterocycles. The van der Waals surface area contributed by atoms with Crippen LogP contribution in [0.25, 0.3) is 11.5 Å². The van der Waals surface area contributed by atoms with Gasteiger partial charge in [0.2, 0.25) is 11.9 Å². The van der Waals surface area contributed by atoms with Gasteiger partial charge in [-0.05, 0) is 25.1 Å². The van der Waals surface area contributed by atoms with Gasteiger partial charge in [0.15, 0.2) is 5.82 Å². The summed E-state index contributed by atoms with van der Waals surface area (Å²) in [5, 5.41) is 5.80. The van der Waals surface area contributed by atoms with Gasteiger partial charge < -0.3 is 15.4 Å². The quantitative estimate of drug-likeness (QED) is 0.652. The van der Waals surface area contributed by atoms with E-state index >= 15 is 0 Å². The minimum Gasteiger partial charge on any atom is -0.380 e. The molecule has 3 aromatic rings. The van der Waals surface area contributed by atoms with Gasteiger partial charge in [0.25, 0.3) is 0 Å². The predicted octanol–water partition coefficient (Wildman–Crippen LogP) is 2.80. The van der Waals surface area contributed by atoms with Crippen molar-refractivity contribution in [2.45, 2.75) is 13.0 Å². The second-order valence-electron chi connectivity index (χ2n) is 5.61. The zero-order valence-electron chi connectivity index (χ0n) is 14.6. The molecule has 3 rings (SSSR count). The molecule has 0 radical (unpaired) electrons. The van der Waals surface area contributed by atoms with Gasteiger partial charge in [-0.15, -0.1) is 0 Å². The lowest BCUT2D eigenvalue weighted by Crippen LogP contribution is -2.19. The van der Waals surface area contributed by atoms with Crippen LogP contribution in [0.1, 0.15) is 6.92 Å². The van der Waals surface area contributed by atoms with E-state index < -0.39 is 11.6 Å². The number of ether oxygens (including phenoxy) is 1. The van der Waals surface area contributed by atoms with Crippen LogP contribution in [0.5, 0.6) is 0 Å². The van der Waals surface area contributed by atoms with Gasteiger partial charge in [-0.1, -0.05) is 0 Å². The van der Waals surface area contributed by atoms with Crippen LogP contribution in [0.3, 0.4) is 0 Å². The molecule has 0 bridgehead atoms. The van der Waals surface area contributed by atoms with Crippen molar-refractivity contribution in [2.24, 2.45) is 0 Å². The van der Waals surface area contributed by atoms with Crippen molar-refractivity contribution in [2.75, 3.05) is 24.3 Å². The van der Waals surface area contributed by atoms with Crippen LogP contribution >= 0.6 is 0 Å². The molecule has 1 aromatic carbocycles. The van der Waals surface area contributed by atoms with E-state index in [1.54, 1.807) is 19.4 Å². The maximum atomic E-state index is 13.3. The topological polar surface area (TPSA) is 97.7 Å². The molecule has 8 nitrogen and oxygen atoms in total. The second kappa shape index (κ2) is 8.41. The van der Waals surface area contributed by atoms with E-state index in [1.165, 1.54) is 6.33 Å². The van der Waals surface area contributed by atoms with Crippen LogP contribution in [-0.4, -0.2) is 44.7 Å². The lowest BCUT2D eigenvalue weighted by atomic mass is 10.3. The maximum absolute atomic E-state index is 13.3. The number of nitrogens with zero attached hydrogens (tertiary/aromatic N) is 5. The number of aromatic nitrogens is 5. The summed E-state index contributed by atoms with van der Waals surface area (Å²) in [6, 6.07) is 4.70. The van der Waals surface area contributed by atoms with Crippen LogP contribution in [0.2, 0.25) is 0 Å². The first-order chi connectivity index (χ1) is 13.0. The van der Waals surface area contributed by atoms with E-state index in [0.29, 0.717) is 18.2 Å². The van der Waals surface area contributed by atoms with Crippen LogP contribution in [0.15, 0.2) is 36.8 Å². The average Bonchev–Trinajstić information content (AvgIpc) is 2.65. The Bertz CT molecular complexity index is 905. The van der Waals surface area contributed by atoms with Crippen molar-refractivity contribution in [1.82, 2.24) is 24.9 Å². The number of halogens is 2. The van der Waals surface area contributed by atoms with Gasteiger partial charge in [-0.2, -0.15) is 4.98 Å². The zero-order chi connectivity index (χ0) is 19.2. The third-order valence-corrected chi connectivity index (χ3v) is 3.53. The Kier molecular flexibility index (Phi) is 5.77. The first-order valence-corrected chi connectivity index (χ1v) is 8.05. The molecule has 1 unspecified atom stereocenters. The number of anilines is 3. The Morgan fingerprint density at radius 3 is 2.56 bits per heavy atom. The molecular formula is C17H17F2N7O. The van der Waals surface area contributed by atoms with Crippen molar-refractivity contribution in [1.29, 1.82) is 0 Å². The van der Waals surface area contributed by atoms with Gasteiger partial charge in [-0.3, -0.25) is 0 Å². The lowest BCUT2D eigenvalue weighted by Gasteiger charge is -2.11. The molecule has 0 aliphatic heterocycles. The minimum absolute atomic E-state index is 0.00287. The van der Waals surface area contributed by atoms with E-state index in [2.05, 4.69) is 35.6 Å². The number of benzene rings is 1. The summed E-state index contributed by atoms with van der Waals surface area (Å²) in [4.78, 5) is 20.8. The first-order valence-electron chi connectivity index (χ1n) is 8.05. The van der Waals surface area contributed by atoms with Crippen LogP contribution in [-0.2, 0) is 4.74 Å². The van der Waals surface area contributed by atoms with E-state index in [0.717, 1.165) is 18.2 Å². The smallest absolute Gasteiger partial charge is 0.230 e. The fourth-order valence-corrected chi connectivity index (χ4v) is 2.12. The third kappa shape index (κ3) is 5.11. The number of nitrogens with one attached hydrogen (secondary N) is 2. The van der Waals surface area contributed by atoms with E-state index in [1.807, 2.05) is 6.92 Å². The molecule has 1 atom stereocenters. The lowest BCUT2D eigenvalue weighted by molar-refractivity contribution is 0.128. The fraction of sp³-hybridized carbons (Fsp3) is 0.235. The molecule has 27 heavy (non-hydrogen) atoms. The highest BCUT2D eigenvalue weighted by atomic mass is 19.1. The summed E-state index contributed by atoms with van der Waals surface area (Å²) in [7, 11) is 1.62. The van der Waals surface area contributed by atoms with Crippen LogP contribution in [0, 0.1) is 11.6 Å². The number of hydrogen-bond acceptors (Lipinski definition) is 8. The summed E-state index contributed by atoms with van der Waals surface area (Å²) in [5.41, 5.74) is 0.650. The van der Waals surface area contributed by atoms with Gasteiger partial charge >= 0.3 is 0 Å². The maximum Gasteiger partial charge on any atom is 0.230 e. The molecule has 0 aliphatic rings. The van der Waals surface area contributed by atoms with E-state index in [9.17, 15) is 8.78 Å². The van der Waals surface area contributed by atoms with Gasteiger partial charge in [0.05, 0.1) is 6.10 Å². The minimum atomic E-state index is -0.705. The Morgan fingerprint density at radius 2 is 1.81 bits per heavy atom. The Hall–Kier alpha value is -3.27. The average molecular weight is 373 g/mol. The van der Waals surface area contributed by atoms with Crippen LogP contribution in [0.4, 0.5) is 26.4 Å². The Balaban J connectivity index is 1.79. The van der Waals surface area contributed by atoms with Gasteiger partial charge in [-0.25, -0.2) is 28.7 Å². The van der Waals surface area contributed by atoms with Crippen molar-refractivity contribution < 1.29 is 13.5 Å². The molecule has 140 valence electrons. The standard InChI is InChI=1S/C17H17F2N7O/c1-10(27-2)8-21-16-20-4-3-14(25-16)15-22-9-23-17(26-15)24-13-6-11(18)5-12(19)7-13/h3-7,9-10H,8H2,1-2H3,(H,20,21,25)(H,22,23,24,26). The Labute approximate surface area is 154 Å². The molecule has 0 amide bonds. The molecular weight excluding hydrogens is 356 g/mol. The van der Waals surface area contributed by atoms with Crippen molar-refractivity contribution in [3.8, 4) is 11.5 Å². The summed E-state index contributed by atoms with van der Waals surface area (Å²) >= 11 is 0. The normalized spacial score (nSPS) is 11.9. The molecule has 0 spiro atoms. The largest absolute Gasteiger partial charge is 0.380 e. The van der Waals surface area contributed by atoms with E-state index in [4.69, 9.17) is 4.74 Å². The highest BCUT2D eigenvalue weighted by molar-refractivity contribution is 5.57. The summed E-state index contributed by atoms with van der Waals surface area (Å²) < 4.78 is 31.8. The van der Waals surface area contributed by atoms with Gasteiger partial charge in [0.1, 0.15) is 23.7 Å². The summed E-state index contributed by atoms with van der Waals surface area (Å²) in [5.74, 6) is -0.591. The molecule has 0 fully saturated rings. The molecule has 2 heterocycles. The van der Waals surface area contributed by atoms with Gasteiger partial charge in [0, 0.05) is 31.6 Å². The molecule has 0 saturated carbocycles. The van der Waals surface area contributed by atoms with E-state index in [-0.39, 0.29) is 23.6 Å². The third-order valence-electron chi connectivity index (χ3n) is 3.53. The first kappa shape index (κ1) is 18.5. The molecule has 0 saturated heterocycles. The molecule has 10 heteroatoms. The van der Waals surface area contributed by atoms with Crippen molar-refractivity contribution >= 4 is 17.6 Å². The number of rotatable bonds is 7. The SMILES string of the molecule is COC(C)CNc1nccc(-c2ncnc(Nc3cc(F)cc(F)c3)n2)n1. The highest BCUT2D eigenvalue weighted by Gasteiger charge is 2.09.